The smallest absolute Gasteiger partial charge is 0.274 e. The molecule has 6 nitrogen and oxygen atoms in total. The van der Waals surface area contributed by atoms with Crippen LogP contribution in [0.15, 0.2) is 28.8 Å². The van der Waals surface area contributed by atoms with E-state index in [9.17, 15) is 10.1 Å². The number of benzene rings is 1. The van der Waals surface area contributed by atoms with Crippen LogP contribution in [0.1, 0.15) is 27.9 Å². The highest BCUT2D eigenvalue weighted by molar-refractivity contribution is 6.42. The standard InChI is InChI=1S/C14H11Cl2N3O3/c1-21-7-8-5-11(19-22-8)14(20)18-12(6-17)9-3-2-4-10(15)13(9)16/h2-5,12H,7H2,1H3,(H,18,20)/t12-/m1/s1. The van der Waals surface area contributed by atoms with Crippen molar-refractivity contribution in [3.63, 3.8) is 0 Å². The van der Waals surface area contributed by atoms with E-state index in [2.05, 4.69) is 10.5 Å². The molecule has 0 radical (unpaired) electrons. The van der Waals surface area contributed by atoms with Gasteiger partial charge in [-0.1, -0.05) is 40.5 Å². The summed E-state index contributed by atoms with van der Waals surface area (Å²) in [6, 6.07) is 7.29. The number of nitriles is 1. The van der Waals surface area contributed by atoms with Crippen LogP contribution in [0.5, 0.6) is 0 Å². The van der Waals surface area contributed by atoms with E-state index in [1.165, 1.54) is 13.2 Å². The Balaban J connectivity index is 2.17. The van der Waals surface area contributed by atoms with Crippen molar-refractivity contribution in [1.29, 1.82) is 5.26 Å². The highest BCUT2D eigenvalue weighted by atomic mass is 35.5. The van der Waals surface area contributed by atoms with Crippen LogP contribution in [-0.4, -0.2) is 18.2 Å². The molecule has 1 N–H and O–H groups in total. The number of rotatable bonds is 5. The van der Waals surface area contributed by atoms with E-state index in [0.717, 1.165) is 0 Å². The van der Waals surface area contributed by atoms with Gasteiger partial charge in [0, 0.05) is 18.7 Å². The fourth-order valence-electron chi connectivity index (χ4n) is 1.76. The average molecular weight is 340 g/mol. The van der Waals surface area contributed by atoms with Crippen molar-refractivity contribution in [2.24, 2.45) is 0 Å². The minimum absolute atomic E-state index is 0.0467. The molecule has 0 saturated carbocycles. The molecule has 0 spiro atoms. The molecule has 0 saturated heterocycles. The third kappa shape index (κ3) is 3.57. The minimum Gasteiger partial charge on any atom is -0.377 e. The second-order valence-corrected chi connectivity index (χ2v) is 5.08. The third-order valence-electron chi connectivity index (χ3n) is 2.78. The summed E-state index contributed by atoms with van der Waals surface area (Å²) in [5.74, 6) is -0.157. The molecule has 1 amide bonds. The number of carbonyl (C=O) groups excluding carboxylic acids is 1. The van der Waals surface area contributed by atoms with E-state index in [1.54, 1.807) is 18.2 Å². The Morgan fingerprint density at radius 1 is 1.55 bits per heavy atom. The molecule has 114 valence electrons. The number of hydrogen-bond donors (Lipinski definition) is 1. The van der Waals surface area contributed by atoms with Gasteiger partial charge in [-0.15, -0.1) is 0 Å². The van der Waals surface area contributed by atoms with Crippen LogP contribution in [-0.2, 0) is 11.3 Å². The van der Waals surface area contributed by atoms with E-state index in [1.807, 2.05) is 6.07 Å². The fraction of sp³-hybridized carbons (Fsp3) is 0.214. The molecular formula is C14H11Cl2N3O3. The maximum Gasteiger partial charge on any atom is 0.274 e. The molecule has 22 heavy (non-hydrogen) atoms. The van der Waals surface area contributed by atoms with Gasteiger partial charge in [0.25, 0.3) is 5.91 Å². The van der Waals surface area contributed by atoms with Crippen molar-refractivity contribution in [3.8, 4) is 6.07 Å². The summed E-state index contributed by atoms with van der Waals surface area (Å²) in [4.78, 5) is 12.1. The topological polar surface area (TPSA) is 88.1 Å². The first kappa shape index (κ1) is 16.3. The Morgan fingerprint density at radius 2 is 2.32 bits per heavy atom. The number of amides is 1. The number of methoxy groups -OCH3 is 1. The third-order valence-corrected chi connectivity index (χ3v) is 3.61. The number of carbonyl (C=O) groups is 1. The zero-order valence-electron chi connectivity index (χ0n) is 11.5. The first-order chi connectivity index (χ1) is 10.6. The van der Waals surface area contributed by atoms with Gasteiger partial charge in [0.1, 0.15) is 12.6 Å². The number of aromatic nitrogens is 1. The molecule has 2 rings (SSSR count). The van der Waals surface area contributed by atoms with Crippen LogP contribution in [0.4, 0.5) is 0 Å². The summed E-state index contributed by atoms with van der Waals surface area (Å²) in [6.45, 7) is 0.197. The Bertz CT molecular complexity index is 724. The fourth-order valence-corrected chi connectivity index (χ4v) is 2.18. The van der Waals surface area contributed by atoms with Crippen LogP contribution < -0.4 is 5.32 Å². The van der Waals surface area contributed by atoms with Gasteiger partial charge < -0.3 is 14.6 Å². The molecule has 1 aromatic carbocycles. The molecule has 1 heterocycles. The number of halogens is 2. The predicted octanol–water partition coefficient (Wildman–Crippen LogP) is 3.12. The van der Waals surface area contributed by atoms with Crippen LogP contribution >= 0.6 is 23.2 Å². The molecule has 1 aromatic heterocycles. The number of nitrogens with zero attached hydrogens (tertiary/aromatic N) is 2. The number of ether oxygens (including phenoxy) is 1. The van der Waals surface area contributed by atoms with Crippen molar-refractivity contribution < 1.29 is 14.1 Å². The summed E-state index contributed by atoms with van der Waals surface area (Å²) in [7, 11) is 1.50. The summed E-state index contributed by atoms with van der Waals surface area (Å²) in [6.07, 6.45) is 0. The molecule has 0 bridgehead atoms. The summed E-state index contributed by atoms with van der Waals surface area (Å²) >= 11 is 12.0. The van der Waals surface area contributed by atoms with Gasteiger partial charge in [-0.2, -0.15) is 5.26 Å². The molecule has 2 aromatic rings. The zero-order chi connectivity index (χ0) is 16.1. The normalized spacial score (nSPS) is 11.7. The molecule has 0 aliphatic carbocycles. The van der Waals surface area contributed by atoms with Crippen molar-refractivity contribution in [1.82, 2.24) is 10.5 Å². The van der Waals surface area contributed by atoms with Gasteiger partial charge in [-0.3, -0.25) is 4.79 Å². The Labute approximate surface area is 136 Å². The maximum absolute atomic E-state index is 12.1. The Kier molecular flexibility index (Phi) is 5.39. The summed E-state index contributed by atoms with van der Waals surface area (Å²) in [5, 5.41) is 15.9. The SMILES string of the molecule is COCc1cc(C(=O)N[C@H](C#N)c2cccc(Cl)c2Cl)no1. The van der Waals surface area contributed by atoms with E-state index in [4.69, 9.17) is 32.5 Å². The number of nitrogens with one attached hydrogen (secondary N) is 1. The van der Waals surface area contributed by atoms with E-state index >= 15 is 0 Å². The first-order valence-electron chi connectivity index (χ1n) is 6.15. The van der Waals surface area contributed by atoms with Crippen molar-refractivity contribution in [2.75, 3.05) is 7.11 Å². The lowest BCUT2D eigenvalue weighted by Crippen LogP contribution is -2.28. The van der Waals surface area contributed by atoms with E-state index in [-0.39, 0.29) is 17.3 Å². The highest BCUT2D eigenvalue weighted by Gasteiger charge is 2.21. The van der Waals surface area contributed by atoms with Gasteiger partial charge in [0.05, 0.1) is 16.1 Å². The molecular weight excluding hydrogens is 329 g/mol. The monoisotopic (exact) mass is 339 g/mol. The minimum atomic E-state index is -0.957. The van der Waals surface area contributed by atoms with Gasteiger partial charge >= 0.3 is 0 Å². The van der Waals surface area contributed by atoms with Gasteiger partial charge in [-0.25, -0.2) is 0 Å². The second-order valence-electron chi connectivity index (χ2n) is 4.29. The molecule has 0 fully saturated rings. The van der Waals surface area contributed by atoms with Crippen molar-refractivity contribution >= 4 is 29.1 Å². The predicted molar refractivity (Wildman–Crippen MR) is 79.5 cm³/mol. The van der Waals surface area contributed by atoms with Gasteiger partial charge in [0.15, 0.2) is 11.5 Å². The highest BCUT2D eigenvalue weighted by Crippen LogP contribution is 2.29. The second kappa shape index (κ2) is 7.27. The quantitative estimate of drug-likeness (QED) is 0.903. The Hall–Kier alpha value is -2.07. The summed E-state index contributed by atoms with van der Waals surface area (Å²) < 4.78 is 9.80. The largest absolute Gasteiger partial charge is 0.377 e. The van der Waals surface area contributed by atoms with Crippen LogP contribution in [0, 0.1) is 11.3 Å². The lowest BCUT2D eigenvalue weighted by molar-refractivity contribution is 0.0935. The molecule has 1 atom stereocenters. The maximum atomic E-state index is 12.1. The van der Waals surface area contributed by atoms with Gasteiger partial charge in [-0.05, 0) is 6.07 Å². The lowest BCUT2D eigenvalue weighted by atomic mass is 10.1. The van der Waals surface area contributed by atoms with E-state index in [0.29, 0.717) is 16.3 Å². The van der Waals surface area contributed by atoms with Crippen LogP contribution in [0.2, 0.25) is 10.0 Å². The van der Waals surface area contributed by atoms with Crippen LogP contribution in [0.25, 0.3) is 0 Å². The summed E-state index contributed by atoms with van der Waals surface area (Å²) in [5.41, 5.74) is 0.455. The zero-order valence-corrected chi connectivity index (χ0v) is 13.0. The van der Waals surface area contributed by atoms with Crippen molar-refractivity contribution in [2.45, 2.75) is 12.6 Å². The van der Waals surface area contributed by atoms with Crippen molar-refractivity contribution in [3.05, 3.63) is 51.3 Å². The lowest BCUT2D eigenvalue weighted by Gasteiger charge is -2.13. The van der Waals surface area contributed by atoms with Crippen LogP contribution in [0.3, 0.4) is 0 Å². The van der Waals surface area contributed by atoms with E-state index < -0.39 is 11.9 Å². The Morgan fingerprint density at radius 3 is 3.00 bits per heavy atom. The number of hydrogen-bond acceptors (Lipinski definition) is 5. The van der Waals surface area contributed by atoms with Gasteiger partial charge in [0.2, 0.25) is 0 Å². The first-order valence-corrected chi connectivity index (χ1v) is 6.91. The molecule has 0 unspecified atom stereocenters. The molecule has 0 aliphatic heterocycles. The molecule has 8 heteroatoms. The molecule has 0 aliphatic rings. The average Bonchev–Trinajstić information content (AvgIpc) is 2.97.